The van der Waals surface area contributed by atoms with Crippen LogP contribution in [-0.2, 0) is 5.66 Å². The highest BCUT2D eigenvalue weighted by atomic mass is 16.5. The molecular formula is C23H30N2O2. The third-order valence-corrected chi connectivity index (χ3v) is 5.25. The van der Waals surface area contributed by atoms with Crippen LogP contribution in [0.5, 0.6) is 5.75 Å². The van der Waals surface area contributed by atoms with Crippen LogP contribution in [0.4, 0.5) is 5.69 Å². The standard InChI is InChI=1S/C23H30N2O2/c1-6-17(4)25-22(26)20-12-7-8-13-21(20)24-23(25,5)18-10-9-11-19(14-18)27-15-16(2)3/h7-14,16-17,24H,6,15H2,1-5H3. The van der Waals surface area contributed by atoms with Crippen molar-refractivity contribution in [2.24, 2.45) is 5.92 Å². The van der Waals surface area contributed by atoms with Gasteiger partial charge in [0.2, 0.25) is 0 Å². The molecular weight excluding hydrogens is 336 g/mol. The molecule has 0 spiro atoms. The number of anilines is 1. The fraction of sp³-hybridized carbons (Fsp3) is 0.435. The number of carbonyl (C=O) groups is 1. The van der Waals surface area contributed by atoms with Gasteiger partial charge in [-0.05, 0) is 50.5 Å². The molecule has 1 N–H and O–H groups in total. The van der Waals surface area contributed by atoms with Crippen LogP contribution in [-0.4, -0.2) is 23.5 Å². The number of nitrogens with zero attached hydrogens (tertiary/aromatic N) is 1. The molecule has 0 radical (unpaired) electrons. The molecule has 3 rings (SSSR count). The molecule has 4 heteroatoms. The summed E-state index contributed by atoms with van der Waals surface area (Å²) in [6, 6.07) is 15.9. The van der Waals surface area contributed by atoms with E-state index in [1.165, 1.54) is 0 Å². The van der Waals surface area contributed by atoms with Crippen molar-refractivity contribution < 1.29 is 9.53 Å². The molecule has 4 nitrogen and oxygen atoms in total. The van der Waals surface area contributed by atoms with E-state index in [1.807, 2.05) is 47.4 Å². The van der Waals surface area contributed by atoms with E-state index >= 15 is 0 Å². The largest absolute Gasteiger partial charge is 0.493 e. The van der Waals surface area contributed by atoms with Crippen LogP contribution < -0.4 is 10.1 Å². The number of hydrogen-bond acceptors (Lipinski definition) is 3. The van der Waals surface area contributed by atoms with Crippen molar-refractivity contribution in [1.29, 1.82) is 0 Å². The summed E-state index contributed by atoms with van der Waals surface area (Å²) in [5.41, 5.74) is 1.98. The summed E-state index contributed by atoms with van der Waals surface area (Å²) in [4.78, 5) is 15.3. The van der Waals surface area contributed by atoms with Gasteiger partial charge in [-0.2, -0.15) is 0 Å². The lowest BCUT2D eigenvalue weighted by atomic mass is 9.91. The minimum absolute atomic E-state index is 0.0645. The molecule has 0 bridgehead atoms. The van der Waals surface area contributed by atoms with Crippen molar-refractivity contribution >= 4 is 11.6 Å². The van der Waals surface area contributed by atoms with Crippen molar-refractivity contribution in [2.45, 2.75) is 52.7 Å². The second-order valence-corrected chi connectivity index (χ2v) is 7.91. The Kier molecular flexibility index (Phi) is 5.45. The van der Waals surface area contributed by atoms with Gasteiger partial charge in [-0.3, -0.25) is 4.79 Å². The van der Waals surface area contributed by atoms with Gasteiger partial charge in [0.15, 0.2) is 0 Å². The highest BCUT2D eigenvalue weighted by molar-refractivity contribution is 6.02. The van der Waals surface area contributed by atoms with E-state index < -0.39 is 5.66 Å². The molecule has 0 aromatic heterocycles. The van der Waals surface area contributed by atoms with Crippen LogP contribution in [0.25, 0.3) is 0 Å². The lowest BCUT2D eigenvalue weighted by Gasteiger charge is -2.49. The molecule has 27 heavy (non-hydrogen) atoms. The number of amides is 1. The second kappa shape index (κ2) is 7.63. The topological polar surface area (TPSA) is 41.6 Å². The maximum Gasteiger partial charge on any atom is 0.258 e. The molecule has 0 saturated carbocycles. The van der Waals surface area contributed by atoms with Crippen molar-refractivity contribution in [3.05, 3.63) is 59.7 Å². The molecule has 0 saturated heterocycles. The molecule has 0 fully saturated rings. The van der Waals surface area contributed by atoms with Gasteiger partial charge < -0.3 is 15.0 Å². The highest BCUT2D eigenvalue weighted by Gasteiger charge is 2.44. The van der Waals surface area contributed by atoms with Crippen LogP contribution in [0.3, 0.4) is 0 Å². The third-order valence-electron chi connectivity index (χ3n) is 5.25. The fourth-order valence-electron chi connectivity index (χ4n) is 3.62. The molecule has 0 aliphatic carbocycles. The van der Waals surface area contributed by atoms with Crippen molar-refractivity contribution in [3.8, 4) is 5.75 Å². The molecule has 1 aliphatic rings. The maximum absolute atomic E-state index is 13.4. The Morgan fingerprint density at radius 1 is 1.11 bits per heavy atom. The predicted molar refractivity (Wildman–Crippen MR) is 110 cm³/mol. The van der Waals surface area contributed by atoms with Crippen LogP contribution in [0, 0.1) is 5.92 Å². The average Bonchev–Trinajstić information content (AvgIpc) is 2.66. The van der Waals surface area contributed by atoms with Crippen molar-refractivity contribution in [2.75, 3.05) is 11.9 Å². The molecule has 2 atom stereocenters. The Labute approximate surface area is 162 Å². The number of fused-ring (bicyclic) bond motifs is 1. The smallest absolute Gasteiger partial charge is 0.258 e. The summed E-state index contributed by atoms with van der Waals surface area (Å²) < 4.78 is 5.93. The van der Waals surface area contributed by atoms with E-state index in [4.69, 9.17) is 4.74 Å². The number of nitrogens with one attached hydrogen (secondary N) is 1. The molecule has 2 aromatic carbocycles. The SMILES string of the molecule is CCC(C)N1C(=O)c2ccccc2NC1(C)c1cccc(OCC(C)C)c1. The van der Waals surface area contributed by atoms with Gasteiger partial charge in [0.1, 0.15) is 11.4 Å². The molecule has 144 valence electrons. The fourth-order valence-corrected chi connectivity index (χ4v) is 3.62. The van der Waals surface area contributed by atoms with Gasteiger partial charge in [0.05, 0.1) is 12.2 Å². The summed E-state index contributed by atoms with van der Waals surface area (Å²) in [6.45, 7) is 11.2. The van der Waals surface area contributed by atoms with Crippen LogP contribution in [0.1, 0.15) is 57.0 Å². The van der Waals surface area contributed by atoms with E-state index in [0.717, 1.165) is 29.0 Å². The first-order valence-electron chi connectivity index (χ1n) is 9.81. The average molecular weight is 367 g/mol. The van der Waals surface area contributed by atoms with Crippen molar-refractivity contribution in [3.63, 3.8) is 0 Å². The Morgan fingerprint density at radius 2 is 1.85 bits per heavy atom. The molecule has 2 aromatic rings. The first kappa shape index (κ1) is 19.3. The lowest BCUT2D eigenvalue weighted by molar-refractivity contribution is 0.0399. The quantitative estimate of drug-likeness (QED) is 0.758. The molecule has 1 heterocycles. The first-order valence-corrected chi connectivity index (χ1v) is 9.81. The van der Waals surface area contributed by atoms with Gasteiger partial charge in [0, 0.05) is 17.3 Å². The zero-order chi connectivity index (χ0) is 19.6. The summed E-state index contributed by atoms with van der Waals surface area (Å²) in [5.74, 6) is 1.36. The van der Waals surface area contributed by atoms with E-state index in [1.54, 1.807) is 0 Å². The first-order chi connectivity index (χ1) is 12.9. The monoisotopic (exact) mass is 366 g/mol. The summed E-state index contributed by atoms with van der Waals surface area (Å²) in [7, 11) is 0. The Balaban J connectivity index is 2.05. The molecule has 1 aliphatic heterocycles. The maximum atomic E-state index is 13.4. The normalized spacial score (nSPS) is 20.2. The number of carbonyl (C=O) groups excluding carboxylic acids is 1. The van der Waals surface area contributed by atoms with E-state index in [-0.39, 0.29) is 11.9 Å². The lowest BCUT2D eigenvalue weighted by Crippen LogP contribution is -2.58. The second-order valence-electron chi connectivity index (χ2n) is 7.91. The third kappa shape index (κ3) is 3.66. The Hall–Kier alpha value is -2.49. The number of hydrogen-bond donors (Lipinski definition) is 1. The summed E-state index contributed by atoms with van der Waals surface area (Å²) in [6.07, 6.45) is 0.884. The van der Waals surface area contributed by atoms with E-state index in [0.29, 0.717) is 12.5 Å². The minimum atomic E-state index is -0.641. The van der Waals surface area contributed by atoms with Gasteiger partial charge in [-0.25, -0.2) is 0 Å². The summed E-state index contributed by atoms with van der Waals surface area (Å²) in [5, 5.41) is 3.63. The van der Waals surface area contributed by atoms with Gasteiger partial charge in [-0.1, -0.05) is 45.0 Å². The number of para-hydroxylation sites is 1. The Bertz CT molecular complexity index is 818. The van der Waals surface area contributed by atoms with Crippen LogP contribution >= 0.6 is 0 Å². The number of benzene rings is 2. The zero-order valence-corrected chi connectivity index (χ0v) is 17.0. The van der Waals surface area contributed by atoms with Gasteiger partial charge >= 0.3 is 0 Å². The van der Waals surface area contributed by atoms with E-state index in [9.17, 15) is 4.79 Å². The van der Waals surface area contributed by atoms with Crippen molar-refractivity contribution in [1.82, 2.24) is 4.90 Å². The zero-order valence-electron chi connectivity index (χ0n) is 17.0. The summed E-state index contributed by atoms with van der Waals surface area (Å²) >= 11 is 0. The predicted octanol–water partition coefficient (Wildman–Crippen LogP) is 5.26. The minimum Gasteiger partial charge on any atom is -0.493 e. The number of ether oxygens (including phenoxy) is 1. The molecule has 2 unspecified atom stereocenters. The van der Waals surface area contributed by atoms with Gasteiger partial charge in [-0.15, -0.1) is 0 Å². The molecule has 1 amide bonds. The Morgan fingerprint density at radius 3 is 2.56 bits per heavy atom. The highest BCUT2D eigenvalue weighted by Crippen LogP contribution is 2.40. The number of rotatable bonds is 6. The van der Waals surface area contributed by atoms with Gasteiger partial charge in [0.25, 0.3) is 5.91 Å². The van der Waals surface area contributed by atoms with Crippen LogP contribution in [0.2, 0.25) is 0 Å². The van der Waals surface area contributed by atoms with E-state index in [2.05, 4.69) is 46.0 Å². The van der Waals surface area contributed by atoms with Crippen LogP contribution in [0.15, 0.2) is 48.5 Å².